The molecule has 0 aliphatic carbocycles. The molecule has 1 atom stereocenters. The van der Waals surface area contributed by atoms with Crippen LogP contribution in [0, 0.1) is 13.8 Å². The highest BCUT2D eigenvalue weighted by Crippen LogP contribution is 2.22. The number of benzene rings is 1. The fourth-order valence-corrected chi connectivity index (χ4v) is 2.55. The minimum Gasteiger partial charge on any atom is -0.325 e. The van der Waals surface area contributed by atoms with Crippen LogP contribution >= 0.6 is 11.8 Å². The molecule has 1 aromatic carbocycles. The lowest BCUT2D eigenvalue weighted by Gasteiger charge is -2.12. The second-order valence-corrected chi connectivity index (χ2v) is 6.29. The van der Waals surface area contributed by atoms with Crippen molar-refractivity contribution in [2.45, 2.75) is 44.5 Å². The van der Waals surface area contributed by atoms with Gasteiger partial charge in [0.15, 0.2) is 0 Å². The van der Waals surface area contributed by atoms with Crippen molar-refractivity contribution in [2.75, 3.05) is 5.32 Å². The minimum atomic E-state index is -0.259. The number of hydrogen-bond donors (Lipinski definition) is 2. The fraction of sp³-hybridized carbons (Fsp3) is 0.400. The number of rotatable bonds is 5. The predicted molar refractivity (Wildman–Crippen MR) is 85.6 cm³/mol. The molecule has 0 saturated carbocycles. The van der Waals surface area contributed by atoms with Gasteiger partial charge in [0.05, 0.1) is 5.25 Å². The highest BCUT2D eigenvalue weighted by molar-refractivity contribution is 8.00. The van der Waals surface area contributed by atoms with Crippen LogP contribution in [0.4, 0.5) is 5.69 Å². The average molecular weight is 304 g/mol. The molecule has 0 saturated heterocycles. The summed E-state index contributed by atoms with van der Waals surface area (Å²) in [5.41, 5.74) is 3.03. The Kier molecular flexibility index (Phi) is 5.01. The van der Waals surface area contributed by atoms with Gasteiger partial charge >= 0.3 is 0 Å². The van der Waals surface area contributed by atoms with Crippen LogP contribution in [-0.2, 0) is 11.2 Å². The van der Waals surface area contributed by atoms with E-state index in [4.69, 9.17) is 0 Å². The number of H-pyrrole nitrogens is 1. The van der Waals surface area contributed by atoms with Gasteiger partial charge in [-0.15, -0.1) is 5.10 Å². The highest BCUT2D eigenvalue weighted by Gasteiger charge is 2.17. The van der Waals surface area contributed by atoms with Crippen LogP contribution < -0.4 is 5.32 Å². The first-order chi connectivity index (χ1) is 9.99. The van der Waals surface area contributed by atoms with Crippen LogP contribution in [0.2, 0.25) is 0 Å². The van der Waals surface area contributed by atoms with Crippen LogP contribution in [0.25, 0.3) is 0 Å². The molecule has 1 aromatic heterocycles. The molecular formula is C15H20N4OS. The summed E-state index contributed by atoms with van der Waals surface area (Å²) in [6.45, 7) is 7.85. The predicted octanol–water partition coefficient (Wildman–Crippen LogP) is 3.10. The van der Waals surface area contributed by atoms with Gasteiger partial charge in [0.25, 0.3) is 0 Å². The first kappa shape index (κ1) is 15.6. The van der Waals surface area contributed by atoms with E-state index in [0.717, 1.165) is 29.1 Å². The van der Waals surface area contributed by atoms with E-state index in [9.17, 15) is 4.79 Å². The number of carbonyl (C=O) groups excluding carboxylic acids is 1. The van der Waals surface area contributed by atoms with E-state index in [-0.39, 0.29) is 11.2 Å². The first-order valence-corrected chi connectivity index (χ1v) is 7.83. The quantitative estimate of drug-likeness (QED) is 0.833. The van der Waals surface area contributed by atoms with Crippen LogP contribution in [-0.4, -0.2) is 26.3 Å². The van der Waals surface area contributed by atoms with Crippen molar-refractivity contribution >= 4 is 23.4 Å². The number of nitrogens with zero attached hydrogens (tertiary/aromatic N) is 2. The average Bonchev–Trinajstić information content (AvgIpc) is 2.90. The number of aromatic nitrogens is 3. The molecule has 0 radical (unpaired) electrons. The summed E-state index contributed by atoms with van der Waals surface area (Å²) in [6, 6.07) is 6.02. The maximum Gasteiger partial charge on any atom is 0.237 e. The van der Waals surface area contributed by atoms with Gasteiger partial charge in [-0.2, -0.15) is 0 Å². The second-order valence-electron chi connectivity index (χ2n) is 4.99. The van der Waals surface area contributed by atoms with Crippen molar-refractivity contribution in [1.82, 2.24) is 15.2 Å². The molecule has 2 rings (SSSR count). The molecule has 112 valence electrons. The maximum absolute atomic E-state index is 12.3. The topological polar surface area (TPSA) is 70.7 Å². The summed E-state index contributed by atoms with van der Waals surface area (Å²) in [4.78, 5) is 16.6. The van der Waals surface area contributed by atoms with Crippen LogP contribution in [0.3, 0.4) is 0 Å². The Morgan fingerprint density at radius 3 is 2.86 bits per heavy atom. The van der Waals surface area contributed by atoms with Gasteiger partial charge in [-0.1, -0.05) is 30.8 Å². The summed E-state index contributed by atoms with van der Waals surface area (Å²) in [5.74, 6) is 0.788. The Labute approximate surface area is 128 Å². The fourth-order valence-electron chi connectivity index (χ4n) is 1.81. The first-order valence-electron chi connectivity index (χ1n) is 6.95. The molecule has 5 nitrogen and oxygen atoms in total. The Balaban J connectivity index is 2.00. The van der Waals surface area contributed by atoms with Gasteiger partial charge in [0.2, 0.25) is 11.1 Å². The van der Waals surface area contributed by atoms with Crippen molar-refractivity contribution in [3.05, 3.63) is 35.2 Å². The molecule has 2 aromatic rings. The zero-order chi connectivity index (χ0) is 15.4. The molecule has 2 N–H and O–H groups in total. The Morgan fingerprint density at radius 2 is 2.19 bits per heavy atom. The van der Waals surface area contributed by atoms with Gasteiger partial charge in [-0.05, 0) is 38.0 Å². The van der Waals surface area contributed by atoms with Crippen molar-refractivity contribution in [2.24, 2.45) is 0 Å². The third-order valence-electron chi connectivity index (χ3n) is 3.15. The molecule has 21 heavy (non-hydrogen) atoms. The van der Waals surface area contributed by atoms with Gasteiger partial charge in [-0.3, -0.25) is 9.89 Å². The van der Waals surface area contributed by atoms with E-state index in [1.807, 2.05) is 45.9 Å². The molecule has 6 heteroatoms. The monoisotopic (exact) mass is 304 g/mol. The number of aromatic amines is 1. The third kappa shape index (κ3) is 4.07. The second kappa shape index (κ2) is 6.76. The summed E-state index contributed by atoms with van der Waals surface area (Å²) in [5, 5.41) is 10.3. The van der Waals surface area contributed by atoms with Crippen molar-refractivity contribution in [3.63, 3.8) is 0 Å². The molecule has 0 aliphatic rings. The highest BCUT2D eigenvalue weighted by atomic mass is 32.2. The number of thioether (sulfide) groups is 1. The largest absolute Gasteiger partial charge is 0.325 e. The number of amides is 1. The number of hydrogen-bond acceptors (Lipinski definition) is 4. The van der Waals surface area contributed by atoms with Gasteiger partial charge in [0, 0.05) is 12.1 Å². The lowest BCUT2D eigenvalue weighted by molar-refractivity contribution is -0.115. The molecule has 0 fully saturated rings. The lowest BCUT2D eigenvalue weighted by atomic mass is 10.1. The SMILES string of the molecule is CCc1nc(SC(C)C(=O)Nc2cc(C)ccc2C)n[nH]1. The van der Waals surface area contributed by atoms with Crippen molar-refractivity contribution in [3.8, 4) is 0 Å². The van der Waals surface area contributed by atoms with Crippen LogP contribution in [0.1, 0.15) is 30.8 Å². The third-order valence-corrected chi connectivity index (χ3v) is 4.11. The van der Waals surface area contributed by atoms with Gasteiger partial charge in [0.1, 0.15) is 5.82 Å². The summed E-state index contributed by atoms with van der Waals surface area (Å²) in [6.07, 6.45) is 0.802. The minimum absolute atomic E-state index is 0.0449. The van der Waals surface area contributed by atoms with Crippen molar-refractivity contribution in [1.29, 1.82) is 0 Å². The Bertz CT molecular complexity index is 638. The van der Waals surface area contributed by atoms with E-state index in [1.54, 1.807) is 0 Å². The normalized spacial score (nSPS) is 12.2. The standard InChI is InChI=1S/C15H20N4OS/c1-5-13-17-15(19-18-13)21-11(4)14(20)16-12-8-9(2)6-7-10(12)3/h6-8,11H,5H2,1-4H3,(H,16,20)(H,17,18,19). The molecule has 1 heterocycles. The molecule has 0 aliphatic heterocycles. The molecule has 0 bridgehead atoms. The smallest absolute Gasteiger partial charge is 0.237 e. The Morgan fingerprint density at radius 1 is 1.43 bits per heavy atom. The number of anilines is 1. The number of nitrogens with one attached hydrogen (secondary N) is 2. The number of aryl methyl sites for hydroxylation is 3. The lowest BCUT2D eigenvalue weighted by Crippen LogP contribution is -2.23. The molecular weight excluding hydrogens is 284 g/mol. The van der Waals surface area contributed by atoms with Crippen LogP contribution in [0.5, 0.6) is 0 Å². The van der Waals surface area contributed by atoms with Gasteiger partial charge < -0.3 is 5.32 Å². The number of carbonyl (C=O) groups is 1. The summed E-state index contributed by atoms with van der Waals surface area (Å²) >= 11 is 1.35. The van der Waals surface area contributed by atoms with Crippen LogP contribution in [0.15, 0.2) is 23.4 Å². The molecule has 1 unspecified atom stereocenters. The zero-order valence-corrected chi connectivity index (χ0v) is 13.5. The van der Waals surface area contributed by atoms with E-state index < -0.39 is 0 Å². The van der Waals surface area contributed by atoms with E-state index in [0.29, 0.717) is 5.16 Å². The van der Waals surface area contributed by atoms with E-state index in [2.05, 4.69) is 20.5 Å². The molecule has 0 spiro atoms. The zero-order valence-electron chi connectivity index (χ0n) is 12.7. The molecule has 1 amide bonds. The Hall–Kier alpha value is -1.82. The van der Waals surface area contributed by atoms with E-state index >= 15 is 0 Å². The maximum atomic E-state index is 12.3. The summed E-state index contributed by atoms with van der Waals surface area (Å²) < 4.78 is 0. The van der Waals surface area contributed by atoms with Crippen molar-refractivity contribution < 1.29 is 4.79 Å². The van der Waals surface area contributed by atoms with E-state index in [1.165, 1.54) is 11.8 Å². The summed E-state index contributed by atoms with van der Waals surface area (Å²) in [7, 11) is 0. The van der Waals surface area contributed by atoms with Gasteiger partial charge in [-0.25, -0.2) is 4.98 Å².